The topological polar surface area (TPSA) is 53.7 Å². The molecule has 0 fully saturated rings. The lowest BCUT2D eigenvalue weighted by atomic mass is 10.1. The number of rotatable bonds is 4. The fourth-order valence-corrected chi connectivity index (χ4v) is 3.02. The maximum Gasteiger partial charge on any atom is 0.336 e. The van der Waals surface area contributed by atoms with Gasteiger partial charge in [0, 0.05) is 35.1 Å². The van der Waals surface area contributed by atoms with E-state index in [1.807, 2.05) is 25.2 Å². The molecule has 2 aromatic carbocycles. The van der Waals surface area contributed by atoms with Crippen molar-refractivity contribution in [3.63, 3.8) is 0 Å². The molecule has 0 bridgehead atoms. The third kappa shape index (κ3) is 3.63. The molecular weight excluding hydrogens is 358 g/mol. The maximum atomic E-state index is 11.7. The molecule has 0 aliphatic heterocycles. The number of halogens is 1. The van der Waals surface area contributed by atoms with Crippen molar-refractivity contribution in [1.82, 2.24) is 4.90 Å². The maximum absolute atomic E-state index is 11.7. The van der Waals surface area contributed by atoms with Crippen LogP contribution in [0.2, 0.25) is 0 Å². The number of benzene rings is 2. The van der Waals surface area contributed by atoms with Crippen molar-refractivity contribution in [2.24, 2.45) is 0 Å². The van der Waals surface area contributed by atoms with Gasteiger partial charge in [-0.2, -0.15) is 0 Å². The quantitative estimate of drug-likeness (QED) is 0.704. The fourth-order valence-electron chi connectivity index (χ4n) is 2.61. The molecule has 1 aromatic heterocycles. The third-order valence-electron chi connectivity index (χ3n) is 3.65. The average molecular weight is 374 g/mol. The summed E-state index contributed by atoms with van der Waals surface area (Å²) in [4.78, 5) is 13.9. The monoisotopic (exact) mass is 373 g/mol. The molecule has 0 aliphatic carbocycles. The Bertz CT molecular complexity index is 904. The highest BCUT2D eigenvalue weighted by Gasteiger charge is 2.10. The Kier molecular flexibility index (Phi) is 4.50. The zero-order chi connectivity index (χ0) is 16.4. The van der Waals surface area contributed by atoms with Crippen molar-refractivity contribution >= 4 is 26.9 Å². The third-order valence-corrected chi connectivity index (χ3v) is 4.43. The van der Waals surface area contributed by atoms with E-state index in [1.165, 1.54) is 17.7 Å². The van der Waals surface area contributed by atoms with Gasteiger partial charge < -0.3 is 9.52 Å². The van der Waals surface area contributed by atoms with Crippen molar-refractivity contribution < 1.29 is 9.52 Å². The standard InChI is InChI=1S/C18H16BrNO3/c1-20(10-12-4-2-3-5-16(12)19)11-13-8-18(22)23-17-9-14(21)6-7-15(13)17/h2-9,21H,10-11H2,1H3. The van der Waals surface area contributed by atoms with Crippen molar-refractivity contribution in [2.45, 2.75) is 13.1 Å². The molecule has 4 nitrogen and oxygen atoms in total. The number of phenolic OH excluding ortho intramolecular Hbond substituents is 1. The second kappa shape index (κ2) is 6.56. The zero-order valence-corrected chi connectivity index (χ0v) is 14.2. The summed E-state index contributed by atoms with van der Waals surface area (Å²) in [6.07, 6.45) is 0. The highest BCUT2D eigenvalue weighted by Crippen LogP contribution is 2.23. The number of phenols is 1. The molecule has 0 saturated carbocycles. The van der Waals surface area contributed by atoms with E-state index in [2.05, 4.69) is 26.9 Å². The molecular formula is C18H16BrNO3. The van der Waals surface area contributed by atoms with Gasteiger partial charge in [-0.15, -0.1) is 0 Å². The molecule has 0 saturated heterocycles. The Morgan fingerprint density at radius 2 is 1.83 bits per heavy atom. The van der Waals surface area contributed by atoms with Gasteiger partial charge in [0.15, 0.2) is 0 Å². The van der Waals surface area contributed by atoms with Crippen molar-refractivity contribution in [3.05, 3.63) is 74.6 Å². The van der Waals surface area contributed by atoms with Crippen LogP contribution in [0, 0.1) is 0 Å². The first kappa shape index (κ1) is 15.8. The van der Waals surface area contributed by atoms with Crippen LogP contribution in [0.4, 0.5) is 0 Å². The molecule has 0 unspecified atom stereocenters. The predicted molar refractivity (Wildman–Crippen MR) is 93.5 cm³/mol. The van der Waals surface area contributed by atoms with Crippen LogP contribution >= 0.6 is 15.9 Å². The van der Waals surface area contributed by atoms with Gasteiger partial charge >= 0.3 is 5.63 Å². The minimum Gasteiger partial charge on any atom is -0.508 e. The molecule has 5 heteroatoms. The minimum atomic E-state index is -0.410. The van der Waals surface area contributed by atoms with Crippen LogP contribution in [0.5, 0.6) is 5.75 Å². The fraction of sp³-hybridized carbons (Fsp3) is 0.167. The zero-order valence-electron chi connectivity index (χ0n) is 12.6. The summed E-state index contributed by atoms with van der Waals surface area (Å²) >= 11 is 3.55. The molecule has 118 valence electrons. The van der Waals surface area contributed by atoms with Crippen LogP contribution < -0.4 is 5.63 Å². The molecule has 0 radical (unpaired) electrons. The van der Waals surface area contributed by atoms with Crippen LogP contribution in [-0.4, -0.2) is 17.1 Å². The lowest BCUT2D eigenvalue weighted by Gasteiger charge is -2.18. The molecule has 0 amide bonds. The SMILES string of the molecule is CN(Cc1ccccc1Br)Cc1cc(=O)oc2cc(O)ccc12. The van der Waals surface area contributed by atoms with Gasteiger partial charge in [0.05, 0.1) is 0 Å². The number of nitrogens with zero attached hydrogens (tertiary/aromatic N) is 1. The summed E-state index contributed by atoms with van der Waals surface area (Å²) in [7, 11) is 2.00. The first-order chi connectivity index (χ1) is 11.0. The Morgan fingerprint density at radius 1 is 1.09 bits per heavy atom. The Balaban J connectivity index is 1.89. The molecule has 1 heterocycles. The largest absolute Gasteiger partial charge is 0.508 e. The van der Waals surface area contributed by atoms with E-state index < -0.39 is 5.63 Å². The average Bonchev–Trinajstić information content (AvgIpc) is 2.49. The summed E-state index contributed by atoms with van der Waals surface area (Å²) in [5.74, 6) is 0.0828. The van der Waals surface area contributed by atoms with Crippen molar-refractivity contribution in [2.75, 3.05) is 7.05 Å². The van der Waals surface area contributed by atoms with Gasteiger partial charge in [-0.3, -0.25) is 4.90 Å². The first-order valence-electron chi connectivity index (χ1n) is 7.20. The van der Waals surface area contributed by atoms with Gasteiger partial charge in [0.1, 0.15) is 11.3 Å². The van der Waals surface area contributed by atoms with Crippen LogP contribution in [0.25, 0.3) is 11.0 Å². The molecule has 0 atom stereocenters. The predicted octanol–water partition coefficient (Wildman–Crippen LogP) is 3.89. The molecule has 0 aliphatic rings. The van der Waals surface area contributed by atoms with Gasteiger partial charge in [0.2, 0.25) is 0 Å². The van der Waals surface area contributed by atoms with Crippen LogP contribution in [0.15, 0.2) is 62.2 Å². The van der Waals surface area contributed by atoms with E-state index >= 15 is 0 Å². The van der Waals surface area contributed by atoms with E-state index in [0.29, 0.717) is 12.1 Å². The van der Waals surface area contributed by atoms with Gasteiger partial charge in [0.25, 0.3) is 0 Å². The summed E-state index contributed by atoms with van der Waals surface area (Å²) in [6, 6.07) is 14.4. The van der Waals surface area contributed by atoms with Gasteiger partial charge in [-0.05, 0) is 36.4 Å². The summed E-state index contributed by atoms with van der Waals surface area (Å²) in [5.41, 5.74) is 2.06. The van der Waals surface area contributed by atoms with Crippen LogP contribution in [0.1, 0.15) is 11.1 Å². The van der Waals surface area contributed by atoms with E-state index in [0.717, 1.165) is 22.0 Å². The van der Waals surface area contributed by atoms with Gasteiger partial charge in [-0.1, -0.05) is 34.1 Å². The normalized spacial score (nSPS) is 11.3. The smallest absolute Gasteiger partial charge is 0.336 e. The number of hydrogen-bond donors (Lipinski definition) is 1. The number of hydrogen-bond acceptors (Lipinski definition) is 4. The van der Waals surface area contributed by atoms with E-state index in [1.54, 1.807) is 12.1 Å². The Hall–Kier alpha value is -2.11. The molecule has 0 spiro atoms. The second-order valence-corrected chi connectivity index (χ2v) is 6.39. The molecule has 3 aromatic rings. The summed E-state index contributed by atoms with van der Waals surface area (Å²) in [5, 5.41) is 10.4. The Labute approximate surface area is 142 Å². The summed E-state index contributed by atoms with van der Waals surface area (Å²) < 4.78 is 6.22. The van der Waals surface area contributed by atoms with Crippen LogP contribution in [-0.2, 0) is 13.1 Å². The van der Waals surface area contributed by atoms with E-state index in [-0.39, 0.29) is 5.75 Å². The Morgan fingerprint density at radius 3 is 2.61 bits per heavy atom. The number of aromatic hydroxyl groups is 1. The van der Waals surface area contributed by atoms with Crippen LogP contribution in [0.3, 0.4) is 0 Å². The lowest BCUT2D eigenvalue weighted by Crippen LogP contribution is -2.18. The lowest BCUT2D eigenvalue weighted by molar-refractivity contribution is 0.319. The first-order valence-corrected chi connectivity index (χ1v) is 8.00. The number of fused-ring (bicyclic) bond motifs is 1. The van der Waals surface area contributed by atoms with E-state index in [9.17, 15) is 9.90 Å². The highest BCUT2D eigenvalue weighted by atomic mass is 79.9. The van der Waals surface area contributed by atoms with Gasteiger partial charge in [-0.25, -0.2) is 4.79 Å². The molecule has 1 N–H and O–H groups in total. The highest BCUT2D eigenvalue weighted by molar-refractivity contribution is 9.10. The minimum absolute atomic E-state index is 0.0828. The van der Waals surface area contributed by atoms with Crippen molar-refractivity contribution in [3.8, 4) is 5.75 Å². The molecule has 3 rings (SSSR count). The summed E-state index contributed by atoms with van der Waals surface area (Å²) in [6.45, 7) is 1.36. The molecule has 23 heavy (non-hydrogen) atoms. The van der Waals surface area contributed by atoms with Crippen molar-refractivity contribution in [1.29, 1.82) is 0 Å². The second-order valence-electron chi connectivity index (χ2n) is 5.53. The van der Waals surface area contributed by atoms with E-state index in [4.69, 9.17) is 4.42 Å².